The molecule has 1 saturated heterocycles. The molecular formula is C27H46N2O5S. The van der Waals surface area contributed by atoms with E-state index in [-0.39, 0.29) is 17.9 Å². The van der Waals surface area contributed by atoms with Crippen LogP contribution >= 0.6 is 0 Å². The lowest BCUT2D eigenvalue weighted by atomic mass is 9.44. The van der Waals surface area contributed by atoms with Gasteiger partial charge in [-0.1, -0.05) is 27.7 Å². The van der Waals surface area contributed by atoms with Crippen molar-refractivity contribution in [2.24, 2.45) is 46.3 Å². The van der Waals surface area contributed by atoms with Crippen LogP contribution in [0.15, 0.2) is 0 Å². The first-order valence-corrected chi connectivity index (χ1v) is 15.4. The minimum absolute atomic E-state index is 0.0449. The number of fused-ring (bicyclic) bond motifs is 5. The highest BCUT2D eigenvalue weighted by molar-refractivity contribution is 7.85. The number of hydrogen-bond donors (Lipinski definition) is 2. The summed E-state index contributed by atoms with van der Waals surface area (Å²) < 4.78 is 30.6. The molecular weight excluding hydrogens is 464 g/mol. The summed E-state index contributed by atoms with van der Waals surface area (Å²) in [5.41, 5.74) is 0.529. The van der Waals surface area contributed by atoms with Crippen LogP contribution in [0.1, 0.15) is 85.5 Å². The third-order valence-corrected chi connectivity index (χ3v) is 11.9. The summed E-state index contributed by atoms with van der Waals surface area (Å²) in [5.74, 6) is 3.52. The fourth-order valence-electron chi connectivity index (χ4n) is 9.41. The summed E-state index contributed by atoms with van der Waals surface area (Å²) in [4.78, 5) is 26.8. The lowest BCUT2D eigenvalue weighted by Crippen LogP contribution is -2.63. The van der Waals surface area contributed by atoms with E-state index in [9.17, 15) is 18.0 Å². The largest absolute Gasteiger partial charge is 0.355 e. The summed E-state index contributed by atoms with van der Waals surface area (Å²) in [5, 5.41) is 2.63. The van der Waals surface area contributed by atoms with Crippen LogP contribution in [-0.4, -0.2) is 55.1 Å². The van der Waals surface area contributed by atoms with Gasteiger partial charge < -0.3 is 10.2 Å². The van der Waals surface area contributed by atoms with Crippen LogP contribution in [0.3, 0.4) is 0 Å². The summed E-state index contributed by atoms with van der Waals surface area (Å²) >= 11 is 0. The molecule has 9 atom stereocenters. The second kappa shape index (κ2) is 9.62. The van der Waals surface area contributed by atoms with Crippen LogP contribution in [0, 0.1) is 46.3 Å². The van der Waals surface area contributed by atoms with Crippen LogP contribution in [0.25, 0.3) is 0 Å². The Morgan fingerprint density at radius 1 is 1.17 bits per heavy atom. The Balaban J connectivity index is 1.41. The number of carbonyl (C=O) groups excluding carboxylic acids is 2. The van der Waals surface area contributed by atoms with Gasteiger partial charge in [-0.05, 0) is 91.3 Å². The van der Waals surface area contributed by atoms with Crippen molar-refractivity contribution in [2.75, 3.05) is 19.3 Å². The smallest absolute Gasteiger partial charge is 0.266 e. The number of hydrogen-bond acceptors (Lipinski definition) is 4. The molecule has 4 rings (SSSR count). The van der Waals surface area contributed by atoms with Crippen molar-refractivity contribution < 1.29 is 22.6 Å². The third-order valence-electron chi connectivity index (χ3n) is 11.2. The second-order valence-corrected chi connectivity index (χ2v) is 14.5. The summed E-state index contributed by atoms with van der Waals surface area (Å²) in [6.45, 7) is 9.67. The molecule has 7 nitrogen and oxygen atoms in total. The summed E-state index contributed by atoms with van der Waals surface area (Å²) in [6, 6.07) is 0.375. The normalized spacial score (nSPS) is 42.1. The lowest BCUT2D eigenvalue weighted by molar-refractivity contribution is -0.167. The predicted molar refractivity (Wildman–Crippen MR) is 136 cm³/mol. The van der Waals surface area contributed by atoms with E-state index in [0.29, 0.717) is 59.8 Å². The zero-order valence-electron chi connectivity index (χ0n) is 22.3. The Morgan fingerprint density at radius 2 is 1.86 bits per heavy atom. The van der Waals surface area contributed by atoms with E-state index in [1.807, 2.05) is 7.05 Å². The van der Waals surface area contributed by atoms with Gasteiger partial charge >= 0.3 is 0 Å². The maximum atomic E-state index is 12.5. The summed E-state index contributed by atoms with van der Waals surface area (Å²) in [6.07, 6.45) is 9.02. The first-order chi connectivity index (χ1) is 16.3. The van der Waals surface area contributed by atoms with Crippen LogP contribution in [0.2, 0.25) is 0 Å². The molecule has 35 heavy (non-hydrogen) atoms. The fourth-order valence-corrected chi connectivity index (χ4v) is 9.77. The van der Waals surface area contributed by atoms with Crippen molar-refractivity contribution in [1.29, 1.82) is 0 Å². The van der Waals surface area contributed by atoms with Crippen LogP contribution in [0.4, 0.5) is 0 Å². The Labute approximate surface area is 211 Å². The first-order valence-electron chi connectivity index (χ1n) is 13.8. The number of rotatable bonds is 7. The number of piperidine rings is 1. The molecule has 1 unspecified atom stereocenters. The van der Waals surface area contributed by atoms with Crippen molar-refractivity contribution in [1.82, 2.24) is 10.2 Å². The van der Waals surface area contributed by atoms with Gasteiger partial charge in [0.1, 0.15) is 0 Å². The molecule has 0 aromatic carbocycles. The number of amides is 2. The molecule has 2 N–H and O–H groups in total. The topological polar surface area (TPSA) is 104 Å². The van der Waals surface area contributed by atoms with Gasteiger partial charge in [0.05, 0.1) is 5.75 Å². The molecule has 0 spiro atoms. The Bertz CT molecular complexity index is 938. The number of likely N-dealkylation sites (tertiary alicyclic amines) is 1. The Morgan fingerprint density at radius 3 is 2.54 bits per heavy atom. The molecule has 3 aliphatic carbocycles. The average molecular weight is 511 g/mol. The zero-order valence-corrected chi connectivity index (χ0v) is 23.1. The molecule has 1 aliphatic heterocycles. The highest BCUT2D eigenvalue weighted by atomic mass is 32.2. The van der Waals surface area contributed by atoms with E-state index < -0.39 is 15.9 Å². The Kier molecular flexibility index (Phi) is 7.40. The predicted octanol–water partition coefficient (Wildman–Crippen LogP) is 4.13. The van der Waals surface area contributed by atoms with Gasteiger partial charge in [0.25, 0.3) is 10.1 Å². The van der Waals surface area contributed by atoms with Gasteiger partial charge in [0, 0.05) is 32.5 Å². The van der Waals surface area contributed by atoms with Crippen molar-refractivity contribution in [3.63, 3.8) is 0 Å². The molecule has 2 amide bonds. The number of nitrogens with one attached hydrogen (secondary N) is 1. The molecule has 1 heterocycles. The quantitative estimate of drug-likeness (QED) is 0.501. The SMILES string of the molecule is CC1C[C@H]2N(C)C(=O)CC[C@]2(C)[C@H]2CC[C@]3(C)[C@@H]([C@H](C)CCC(=O)NCCS(=O)(=O)O)CC[C@H]3[C@H]12. The first kappa shape index (κ1) is 26.9. The molecule has 8 heteroatoms. The maximum Gasteiger partial charge on any atom is 0.266 e. The van der Waals surface area contributed by atoms with Gasteiger partial charge in [-0.2, -0.15) is 8.42 Å². The van der Waals surface area contributed by atoms with Crippen molar-refractivity contribution in [3.8, 4) is 0 Å². The number of carbonyl (C=O) groups is 2. The molecule has 4 aliphatic rings. The van der Waals surface area contributed by atoms with Crippen molar-refractivity contribution in [3.05, 3.63) is 0 Å². The van der Waals surface area contributed by atoms with Gasteiger partial charge in [0.2, 0.25) is 11.8 Å². The lowest BCUT2D eigenvalue weighted by Gasteiger charge is -2.64. The molecule has 0 aromatic heterocycles. The van der Waals surface area contributed by atoms with Gasteiger partial charge in [-0.15, -0.1) is 0 Å². The molecule has 0 bridgehead atoms. The van der Waals surface area contributed by atoms with Crippen LogP contribution < -0.4 is 5.32 Å². The monoisotopic (exact) mass is 510 g/mol. The zero-order chi connectivity index (χ0) is 25.8. The minimum Gasteiger partial charge on any atom is -0.355 e. The van der Waals surface area contributed by atoms with E-state index in [1.165, 1.54) is 25.7 Å². The van der Waals surface area contributed by atoms with E-state index in [2.05, 4.69) is 37.9 Å². The highest BCUT2D eigenvalue weighted by Crippen LogP contribution is 2.68. The van der Waals surface area contributed by atoms with E-state index in [1.54, 1.807) is 0 Å². The van der Waals surface area contributed by atoms with Crippen molar-refractivity contribution in [2.45, 2.75) is 91.5 Å². The van der Waals surface area contributed by atoms with E-state index >= 15 is 0 Å². The average Bonchev–Trinajstić information content (AvgIpc) is 3.13. The maximum absolute atomic E-state index is 12.5. The molecule has 4 fully saturated rings. The van der Waals surface area contributed by atoms with Gasteiger partial charge in [0.15, 0.2) is 0 Å². The molecule has 3 saturated carbocycles. The molecule has 0 aromatic rings. The van der Waals surface area contributed by atoms with Gasteiger partial charge in [-0.3, -0.25) is 14.1 Å². The molecule has 0 radical (unpaired) electrons. The van der Waals surface area contributed by atoms with E-state index in [0.717, 1.165) is 25.2 Å². The second-order valence-electron chi connectivity index (χ2n) is 12.9. The minimum atomic E-state index is -4.05. The fraction of sp³-hybridized carbons (Fsp3) is 0.926. The number of nitrogens with zero attached hydrogens (tertiary/aromatic N) is 1. The standard InChI is InChI=1S/C27H46N2O5S/c1-17(6-9-23(30)28-14-15-35(32,33)34)19-7-8-20-25-18(2)16-22-27(4,13-11-24(31)29(22)5)21(25)10-12-26(19,20)3/h17-22,25H,6-16H2,1-5H3,(H,28,30)(H,32,33,34)/t17-,18?,19-,20+,21+,22-,25+,26-,27-/m1/s1. The third kappa shape index (κ3) is 4.90. The molecule has 200 valence electrons. The van der Waals surface area contributed by atoms with Crippen LogP contribution in [0.5, 0.6) is 0 Å². The van der Waals surface area contributed by atoms with Crippen molar-refractivity contribution >= 4 is 21.9 Å². The Hall–Kier alpha value is -1.15. The highest BCUT2D eigenvalue weighted by Gasteiger charge is 2.63. The summed E-state index contributed by atoms with van der Waals surface area (Å²) in [7, 11) is -2.03. The van der Waals surface area contributed by atoms with Gasteiger partial charge in [-0.25, -0.2) is 0 Å². The van der Waals surface area contributed by atoms with Crippen LogP contribution in [-0.2, 0) is 19.7 Å². The van der Waals surface area contributed by atoms with E-state index in [4.69, 9.17) is 4.55 Å².